The van der Waals surface area contributed by atoms with Crippen LogP contribution in [-0.2, 0) is 10.8 Å². The third kappa shape index (κ3) is 5.56. The van der Waals surface area contributed by atoms with Crippen LogP contribution in [0.4, 0.5) is 11.4 Å². The number of rotatable bonds is 6. The summed E-state index contributed by atoms with van der Waals surface area (Å²) in [4.78, 5) is 0. The zero-order valence-corrected chi connectivity index (χ0v) is 41.9. The maximum absolute atomic E-state index is 4.05. The van der Waals surface area contributed by atoms with E-state index in [1.807, 2.05) is 22.5 Å². The van der Waals surface area contributed by atoms with Crippen molar-refractivity contribution in [1.29, 1.82) is 0 Å². The highest BCUT2D eigenvalue weighted by Crippen LogP contribution is 2.67. The van der Waals surface area contributed by atoms with Crippen molar-refractivity contribution < 1.29 is 0 Å². The summed E-state index contributed by atoms with van der Waals surface area (Å²) in [7, 11) is 0.914. The minimum absolute atomic E-state index is 0.200. The second-order valence-corrected chi connectivity index (χ2v) is 25.5. The van der Waals surface area contributed by atoms with Gasteiger partial charge in [-0.2, -0.15) is 0 Å². The molecule has 4 unspecified atom stereocenters. The standard InChI is InChI=1S/C67H57BN2S/c1-36-21-53(62-55(69-49-16-13-38(14-17-49)37-9-5-4-6-10-37)18-20-58-63(62)52-27-39-11-7-8-12-40(39)28-59(52)71-58)64-57(22-36)70-56-19-15-47(66(2)32-43-23-41-24-44(33-66)60(41)43)29-50(56)51-30-48(31-54(68-64)65(51)70)67(3)34-45-25-42-26-46(35-67)61(42)45/h4-22,27-31,42-46,61,68-69H,23-26,32-35H2,1-3H3. The lowest BCUT2D eigenvalue weighted by Crippen LogP contribution is -2.58. The molecule has 7 aliphatic rings. The Hall–Kier alpha value is -6.36. The van der Waals surface area contributed by atoms with Gasteiger partial charge >= 0.3 is 0 Å². The third-order valence-electron chi connectivity index (χ3n) is 20.3. The SMILES string of the molecule is Cc1cc(-c2c(Nc3ccc(-c4ccccc4)cc3)ccc3sc4cc5ccccc5cc4c23)c2c(c1)-n1c3ccc(C4(C)CC5CC6=C5C(C6)C4)cc3c3cc(C4(C)CC5CC6CC(C4)C65)cc(c31)B2. The minimum atomic E-state index is 0.200. The van der Waals surface area contributed by atoms with Gasteiger partial charge in [-0.1, -0.05) is 115 Å². The molecule has 4 fully saturated rings. The van der Waals surface area contributed by atoms with Crippen LogP contribution in [0.3, 0.4) is 0 Å². The van der Waals surface area contributed by atoms with Gasteiger partial charge in [0.2, 0.25) is 0 Å². The van der Waals surface area contributed by atoms with Gasteiger partial charge in [-0.15, -0.1) is 11.3 Å². The van der Waals surface area contributed by atoms with E-state index in [1.165, 1.54) is 149 Å². The van der Waals surface area contributed by atoms with Crippen LogP contribution in [0.25, 0.3) is 80.7 Å². The van der Waals surface area contributed by atoms with E-state index in [1.54, 1.807) is 11.1 Å². The fourth-order valence-corrected chi connectivity index (χ4v) is 18.3. The Morgan fingerprint density at radius 1 is 0.620 bits per heavy atom. The molecule has 0 amide bonds. The highest BCUT2D eigenvalue weighted by Gasteiger charge is 2.59. The summed E-state index contributed by atoms with van der Waals surface area (Å²) in [5, 5.41) is 12.3. The Bertz CT molecular complexity index is 4000. The van der Waals surface area contributed by atoms with Gasteiger partial charge in [0.15, 0.2) is 7.28 Å². The summed E-state index contributed by atoms with van der Waals surface area (Å²) in [6, 6.07) is 56.6. The molecule has 4 heteroatoms. The van der Waals surface area contributed by atoms with Gasteiger partial charge in [-0.25, -0.2) is 0 Å². The lowest BCUT2D eigenvalue weighted by Gasteiger charge is -2.65. The molecule has 2 aromatic heterocycles. The van der Waals surface area contributed by atoms with E-state index in [0.717, 1.165) is 54.2 Å². The first-order valence-corrected chi connectivity index (χ1v) is 27.8. The van der Waals surface area contributed by atoms with E-state index >= 15 is 0 Å². The lowest BCUT2D eigenvalue weighted by molar-refractivity contribution is -0.141. The van der Waals surface area contributed by atoms with Gasteiger partial charge in [-0.05, 0) is 215 Å². The molecule has 344 valence electrons. The van der Waals surface area contributed by atoms with Gasteiger partial charge < -0.3 is 9.88 Å². The van der Waals surface area contributed by atoms with Gasteiger partial charge in [-0.3, -0.25) is 0 Å². The smallest absolute Gasteiger partial charge is 0.198 e. The van der Waals surface area contributed by atoms with Crippen molar-refractivity contribution in [1.82, 2.24) is 4.57 Å². The molecule has 3 heterocycles. The van der Waals surface area contributed by atoms with Crippen LogP contribution in [0, 0.1) is 42.4 Å². The van der Waals surface area contributed by atoms with Crippen molar-refractivity contribution in [2.45, 2.75) is 83.0 Å². The number of aryl methyl sites for hydroxylation is 1. The number of anilines is 2. The van der Waals surface area contributed by atoms with Crippen LogP contribution in [0.2, 0.25) is 0 Å². The molecular weight excluding hydrogens is 876 g/mol. The van der Waals surface area contributed by atoms with Crippen molar-refractivity contribution in [3.63, 3.8) is 0 Å². The number of nitrogens with zero attached hydrogens (tertiary/aromatic N) is 1. The van der Waals surface area contributed by atoms with E-state index in [4.69, 9.17) is 0 Å². The molecule has 1 N–H and O–H groups in total. The second kappa shape index (κ2) is 14.0. The van der Waals surface area contributed by atoms with E-state index < -0.39 is 0 Å². The average molecular weight is 933 g/mol. The first kappa shape index (κ1) is 40.3. The van der Waals surface area contributed by atoms with Crippen LogP contribution < -0.4 is 16.2 Å². The number of benzene rings is 8. The number of nitrogens with one attached hydrogen (secondary N) is 1. The summed E-state index contributed by atoms with van der Waals surface area (Å²) in [5.41, 5.74) is 23.1. The molecule has 4 saturated carbocycles. The van der Waals surface area contributed by atoms with E-state index in [-0.39, 0.29) is 10.8 Å². The van der Waals surface area contributed by atoms with Gasteiger partial charge in [0.1, 0.15) is 0 Å². The fourth-order valence-electron chi connectivity index (χ4n) is 17.1. The van der Waals surface area contributed by atoms with E-state index in [2.05, 4.69) is 176 Å². The van der Waals surface area contributed by atoms with Crippen molar-refractivity contribution in [3.8, 4) is 27.9 Å². The maximum atomic E-state index is 4.05. The molecular formula is C67H57BN2S. The van der Waals surface area contributed by atoms with Crippen LogP contribution in [-0.4, -0.2) is 11.8 Å². The lowest BCUT2D eigenvalue weighted by atomic mass is 9.39. The summed E-state index contributed by atoms with van der Waals surface area (Å²) in [6.07, 6.45) is 11.0. The fraction of sp³-hybridized carbons (Fsp3) is 0.284. The van der Waals surface area contributed by atoms with Gasteiger partial charge in [0, 0.05) is 59.1 Å². The maximum Gasteiger partial charge on any atom is 0.198 e. The molecule has 0 bridgehead atoms. The Labute approximate surface area is 421 Å². The Morgan fingerprint density at radius 2 is 1.34 bits per heavy atom. The van der Waals surface area contributed by atoms with Crippen molar-refractivity contribution in [3.05, 3.63) is 173 Å². The van der Waals surface area contributed by atoms with Crippen molar-refractivity contribution in [2.24, 2.45) is 35.5 Å². The number of hydrogen-bond acceptors (Lipinski definition) is 2. The zero-order valence-electron chi connectivity index (χ0n) is 41.0. The zero-order chi connectivity index (χ0) is 46.6. The van der Waals surface area contributed by atoms with Crippen molar-refractivity contribution in [2.75, 3.05) is 5.32 Å². The second-order valence-electron chi connectivity index (χ2n) is 24.4. The quantitative estimate of drug-likeness (QED) is 0.130. The summed E-state index contributed by atoms with van der Waals surface area (Å²) >= 11 is 1.94. The summed E-state index contributed by atoms with van der Waals surface area (Å²) in [6.45, 7) is 7.61. The normalized spacial score (nSPS) is 27.4. The number of hydrogen-bond donors (Lipinski definition) is 1. The molecule has 0 saturated heterocycles. The largest absolute Gasteiger partial charge is 0.355 e. The van der Waals surface area contributed by atoms with Crippen LogP contribution in [0.5, 0.6) is 0 Å². The Morgan fingerprint density at radius 3 is 2.10 bits per heavy atom. The molecule has 6 aliphatic carbocycles. The van der Waals surface area contributed by atoms with Crippen LogP contribution in [0.15, 0.2) is 157 Å². The highest BCUT2D eigenvalue weighted by atomic mass is 32.1. The number of aromatic nitrogens is 1. The number of allylic oxidation sites excluding steroid dienone is 2. The predicted octanol–water partition coefficient (Wildman–Crippen LogP) is 16.1. The van der Waals surface area contributed by atoms with Crippen LogP contribution in [0.1, 0.15) is 81.9 Å². The summed E-state index contributed by atoms with van der Waals surface area (Å²) in [5.74, 6) is 5.50. The monoisotopic (exact) mass is 932 g/mol. The number of fused-ring (bicyclic) bond motifs is 9. The van der Waals surface area contributed by atoms with Gasteiger partial charge in [0.05, 0.1) is 5.52 Å². The third-order valence-corrected chi connectivity index (χ3v) is 21.4. The van der Waals surface area contributed by atoms with E-state index in [0.29, 0.717) is 0 Å². The predicted molar refractivity (Wildman–Crippen MR) is 303 cm³/mol. The minimum Gasteiger partial charge on any atom is -0.355 e. The molecule has 2 nitrogen and oxygen atoms in total. The molecule has 8 aromatic carbocycles. The summed E-state index contributed by atoms with van der Waals surface area (Å²) < 4.78 is 5.41. The molecule has 4 atom stereocenters. The van der Waals surface area contributed by atoms with Crippen molar-refractivity contribution >= 4 is 93.7 Å². The number of thiophene rings is 1. The molecule has 0 spiro atoms. The Balaban J connectivity index is 0.894. The van der Waals surface area contributed by atoms with E-state index in [9.17, 15) is 0 Å². The van der Waals surface area contributed by atoms with Crippen LogP contribution >= 0.6 is 11.3 Å². The Kier molecular flexibility index (Phi) is 7.93. The molecule has 71 heavy (non-hydrogen) atoms. The first-order valence-electron chi connectivity index (χ1n) is 27.0. The first-order chi connectivity index (χ1) is 34.7. The van der Waals surface area contributed by atoms with Gasteiger partial charge in [0.25, 0.3) is 0 Å². The molecule has 1 aliphatic heterocycles. The highest BCUT2D eigenvalue weighted by molar-refractivity contribution is 7.26. The molecule has 0 radical (unpaired) electrons. The topological polar surface area (TPSA) is 17.0 Å². The molecule has 17 rings (SSSR count). The average Bonchev–Trinajstić information content (AvgIpc) is 3.89. The molecule has 10 aromatic rings.